The second-order valence-electron chi connectivity index (χ2n) is 9.58. The normalized spacial score (nSPS) is 15.7. The maximum Gasteiger partial charge on any atom is 0.338 e. The highest BCUT2D eigenvalue weighted by Gasteiger charge is 2.33. The molecule has 3 aromatic rings. The number of thiazole rings is 1. The number of rotatable bonds is 8. The Hall–Kier alpha value is -3.10. The molecule has 2 heterocycles. The highest BCUT2D eigenvalue weighted by atomic mass is 32.2. The lowest BCUT2D eigenvalue weighted by molar-refractivity contribution is -0.143. The number of nitrogens with zero attached hydrogens (tertiary/aromatic N) is 2. The number of aromatic nitrogens is 1. The van der Waals surface area contributed by atoms with Crippen molar-refractivity contribution in [1.29, 1.82) is 0 Å². The van der Waals surface area contributed by atoms with Gasteiger partial charge in [-0.25, -0.2) is 9.79 Å². The Morgan fingerprint density at radius 1 is 1.11 bits per heavy atom. The van der Waals surface area contributed by atoms with Crippen molar-refractivity contribution in [3.05, 3.63) is 90.6 Å². The third-order valence-electron chi connectivity index (χ3n) is 5.78. The van der Waals surface area contributed by atoms with Gasteiger partial charge in [0.1, 0.15) is 5.75 Å². The highest BCUT2D eigenvalue weighted by Crippen LogP contribution is 2.32. The summed E-state index contributed by atoms with van der Waals surface area (Å²) in [5.41, 5.74) is 2.48. The standard InChI is InChI=1S/C29H32N2O4S2/c1-17(2)16-34-22-11-7-20(8-12-22)15-24-27(32)31-26(21-9-13-23(36-6)14-10-21)25(28(33)35-18(3)4)19(5)30-29(31)37-24/h7-15,17-18,26H,16H2,1-6H3/b24-15-/t26-/m1/s1. The molecular formula is C29H32N2O4S2. The van der Waals surface area contributed by atoms with E-state index in [0.717, 1.165) is 21.8 Å². The first kappa shape index (κ1) is 26.9. The van der Waals surface area contributed by atoms with E-state index in [9.17, 15) is 9.59 Å². The van der Waals surface area contributed by atoms with Gasteiger partial charge in [-0.3, -0.25) is 9.36 Å². The Morgan fingerprint density at radius 3 is 2.38 bits per heavy atom. The van der Waals surface area contributed by atoms with Crippen LogP contribution in [-0.4, -0.2) is 29.5 Å². The van der Waals surface area contributed by atoms with Gasteiger partial charge in [0, 0.05) is 4.90 Å². The SMILES string of the molecule is CSc1ccc([C@@H]2C(C(=O)OC(C)C)=C(C)N=c3s/c(=C\c4ccc(OCC(C)C)cc4)c(=O)n32)cc1. The zero-order valence-electron chi connectivity index (χ0n) is 22.0. The second-order valence-corrected chi connectivity index (χ2v) is 11.5. The molecule has 0 aliphatic carbocycles. The fourth-order valence-electron chi connectivity index (χ4n) is 4.04. The molecule has 1 aliphatic heterocycles. The van der Waals surface area contributed by atoms with E-state index in [-0.39, 0.29) is 11.7 Å². The molecule has 4 rings (SSSR count). The summed E-state index contributed by atoms with van der Waals surface area (Å²) in [6.45, 7) is 10.3. The van der Waals surface area contributed by atoms with Crippen molar-refractivity contribution in [2.24, 2.45) is 10.9 Å². The number of benzene rings is 2. The summed E-state index contributed by atoms with van der Waals surface area (Å²) in [6.07, 6.45) is 3.58. The largest absolute Gasteiger partial charge is 0.493 e. The van der Waals surface area contributed by atoms with E-state index in [2.05, 4.69) is 18.8 Å². The van der Waals surface area contributed by atoms with Crippen molar-refractivity contribution in [1.82, 2.24) is 4.57 Å². The number of esters is 1. The molecule has 0 bridgehead atoms. The Morgan fingerprint density at radius 2 is 1.78 bits per heavy atom. The van der Waals surface area contributed by atoms with E-state index in [1.807, 2.05) is 74.7 Å². The van der Waals surface area contributed by atoms with E-state index >= 15 is 0 Å². The van der Waals surface area contributed by atoms with E-state index in [4.69, 9.17) is 9.47 Å². The minimum Gasteiger partial charge on any atom is -0.493 e. The number of fused-ring (bicyclic) bond motifs is 1. The van der Waals surface area contributed by atoms with Gasteiger partial charge in [0.15, 0.2) is 4.80 Å². The average molecular weight is 537 g/mol. The van der Waals surface area contributed by atoms with Gasteiger partial charge < -0.3 is 9.47 Å². The third kappa shape index (κ3) is 6.08. The fraction of sp³-hybridized carbons (Fsp3) is 0.345. The lowest BCUT2D eigenvalue weighted by Gasteiger charge is -2.25. The van der Waals surface area contributed by atoms with Crippen molar-refractivity contribution < 1.29 is 14.3 Å². The molecule has 0 spiro atoms. The van der Waals surface area contributed by atoms with Gasteiger partial charge in [-0.2, -0.15) is 0 Å². The first-order chi connectivity index (χ1) is 17.7. The molecule has 0 fully saturated rings. The number of thioether (sulfide) groups is 1. The summed E-state index contributed by atoms with van der Waals surface area (Å²) in [7, 11) is 0. The smallest absolute Gasteiger partial charge is 0.338 e. The number of hydrogen-bond donors (Lipinski definition) is 0. The minimum atomic E-state index is -0.618. The maximum absolute atomic E-state index is 13.7. The van der Waals surface area contributed by atoms with E-state index in [1.165, 1.54) is 11.3 Å². The zero-order valence-corrected chi connectivity index (χ0v) is 23.6. The van der Waals surface area contributed by atoms with Crippen LogP contribution < -0.4 is 19.6 Å². The zero-order chi connectivity index (χ0) is 26.7. The van der Waals surface area contributed by atoms with Crippen LogP contribution >= 0.6 is 23.1 Å². The maximum atomic E-state index is 13.7. The Balaban J connectivity index is 1.80. The van der Waals surface area contributed by atoms with E-state index in [1.54, 1.807) is 23.3 Å². The molecule has 37 heavy (non-hydrogen) atoms. The summed E-state index contributed by atoms with van der Waals surface area (Å²) in [6, 6.07) is 15.0. The van der Waals surface area contributed by atoms with Crippen molar-refractivity contribution in [2.45, 2.75) is 51.7 Å². The highest BCUT2D eigenvalue weighted by molar-refractivity contribution is 7.98. The minimum absolute atomic E-state index is 0.190. The topological polar surface area (TPSA) is 69.9 Å². The van der Waals surface area contributed by atoms with Gasteiger partial charge >= 0.3 is 5.97 Å². The van der Waals surface area contributed by atoms with Crippen LogP contribution in [0.5, 0.6) is 5.75 Å². The molecule has 0 radical (unpaired) electrons. The first-order valence-corrected chi connectivity index (χ1v) is 14.3. The van der Waals surface area contributed by atoms with Crippen molar-refractivity contribution >= 4 is 35.1 Å². The van der Waals surface area contributed by atoms with Crippen molar-refractivity contribution in [3.8, 4) is 5.75 Å². The Bertz CT molecular complexity index is 1480. The molecule has 1 aliphatic rings. The number of carbonyl (C=O) groups is 1. The number of carbonyl (C=O) groups excluding carboxylic acids is 1. The van der Waals surface area contributed by atoms with Crippen LogP contribution in [0.1, 0.15) is 51.8 Å². The van der Waals surface area contributed by atoms with Gasteiger partial charge in [-0.1, -0.05) is 49.4 Å². The lowest BCUT2D eigenvalue weighted by Crippen LogP contribution is -2.40. The molecule has 1 atom stereocenters. The molecule has 1 aromatic heterocycles. The van der Waals surface area contributed by atoms with Gasteiger partial charge in [-0.15, -0.1) is 11.8 Å². The molecule has 0 unspecified atom stereocenters. The summed E-state index contributed by atoms with van der Waals surface area (Å²) in [5.74, 6) is 0.781. The lowest BCUT2D eigenvalue weighted by atomic mass is 9.96. The van der Waals surface area contributed by atoms with Crippen molar-refractivity contribution in [2.75, 3.05) is 12.9 Å². The van der Waals surface area contributed by atoms with Crippen LogP contribution in [0.25, 0.3) is 6.08 Å². The van der Waals surface area contributed by atoms with Gasteiger partial charge in [0.05, 0.1) is 34.6 Å². The molecule has 0 N–H and O–H groups in total. The van der Waals surface area contributed by atoms with Gasteiger partial charge in [-0.05, 0) is 74.4 Å². The predicted octanol–water partition coefficient (Wildman–Crippen LogP) is 4.94. The van der Waals surface area contributed by atoms with Gasteiger partial charge in [0.25, 0.3) is 5.56 Å². The molecule has 194 valence electrons. The fourth-order valence-corrected chi connectivity index (χ4v) is 5.49. The summed E-state index contributed by atoms with van der Waals surface area (Å²) in [5, 5.41) is 0. The molecule has 0 amide bonds. The van der Waals surface area contributed by atoms with Crippen LogP contribution in [-0.2, 0) is 9.53 Å². The molecule has 6 nitrogen and oxygen atoms in total. The van der Waals surface area contributed by atoms with Gasteiger partial charge in [0.2, 0.25) is 0 Å². The molecular weight excluding hydrogens is 504 g/mol. The quantitative estimate of drug-likeness (QED) is 0.301. The summed E-state index contributed by atoms with van der Waals surface area (Å²) < 4.78 is 13.5. The van der Waals surface area contributed by atoms with Crippen LogP contribution in [0.2, 0.25) is 0 Å². The second kappa shape index (κ2) is 11.5. The number of ether oxygens (including phenoxy) is 2. The van der Waals surface area contributed by atoms with Crippen molar-refractivity contribution in [3.63, 3.8) is 0 Å². The van der Waals surface area contributed by atoms with Crippen LogP contribution in [0.3, 0.4) is 0 Å². The predicted molar refractivity (Wildman–Crippen MR) is 150 cm³/mol. The Kier molecular flexibility index (Phi) is 8.39. The summed E-state index contributed by atoms with van der Waals surface area (Å²) >= 11 is 2.96. The number of allylic oxidation sites excluding steroid dienone is 1. The summed E-state index contributed by atoms with van der Waals surface area (Å²) in [4.78, 5) is 33.3. The number of hydrogen-bond acceptors (Lipinski definition) is 7. The van der Waals surface area contributed by atoms with Crippen LogP contribution in [0.15, 0.2) is 74.5 Å². The van der Waals surface area contributed by atoms with E-state index < -0.39 is 12.0 Å². The average Bonchev–Trinajstić information content (AvgIpc) is 3.16. The molecule has 0 saturated carbocycles. The van der Waals surface area contributed by atoms with E-state index in [0.29, 0.717) is 33.1 Å². The molecule has 8 heteroatoms. The monoisotopic (exact) mass is 536 g/mol. The van der Waals surface area contributed by atoms with Crippen LogP contribution in [0, 0.1) is 5.92 Å². The van der Waals surface area contributed by atoms with Crippen LogP contribution in [0.4, 0.5) is 0 Å². The first-order valence-electron chi connectivity index (χ1n) is 12.3. The third-order valence-corrected chi connectivity index (χ3v) is 7.50. The Labute approximate surface area is 225 Å². The molecule has 2 aromatic carbocycles. The molecule has 0 saturated heterocycles.